The molecule has 1 atom stereocenters. The highest BCUT2D eigenvalue weighted by Gasteiger charge is 2.28. The zero-order valence-corrected chi connectivity index (χ0v) is 9.74. The van der Waals surface area contributed by atoms with Gasteiger partial charge in [0.05, 0.1) is 10.4 Å². The zero-order chi connectivity index (χ0) is 11.8. The highest BCUT2D eigenvalue weighted by molar-refractivity contribution is 7.10. The van der Waals surface area contributed by atoms with E-state index in [2.05, 4.69) is 4.98 Å². The number of ether oxygens (including phenoxy) is 1. The summed E-state index contributed by atoms with van der Waals surface area (Å²) in [5, 5.41) is 0. The van der Waals surface area contributed by atoms with Crippen LogP contribution in [-0.4, -0.2) is 10.9 Å². The van der Waals surface area contributed by atoms with Gasteiger partial charge in [0.1, 0.15) is 17.5 Å². The average molecular weight is 246 g/mol. The summed E-state index contributed by atoms with van der Waals surface area (Å²) < 4.78 is 5.80. The lowest BCUT2D eigenvalue weighted by Gasteiger charge is -2.08. The van der Waals surface area contributed by atoms with Crippen LogP contribution in [0.25, 0.3) is 0 Å². The molecule has 0 radical (unpaired) electrons. The normalized spacial score (nSPS) is 17.5. The number of hydrogen-bond donors (Lipinski definition) is 1. The molecule has 1 aromatic heterocycles. The standard InChI is InChI=1S/C12H10N2O2S/c13-12(15)10-11(17-6-14-10)9-5-7-3-1-2-4-8(7)16-9/h1-4,6,9H,5H2,(H2,13,15). The van der Waals surface area contributed by atoms with Crippen molar-refractivity contribution in [1.29, 1.82) is 0 Å². The maximum absolute atomic E-state index is 11.2. The fourth-order valence-corrected chi connectivity index (χ4v) is 2.82. The van der Waals surface area contributed by atoms with Gasteiger partial charge in [-0.05, 0) is 11.6 Å². The van der Waals surface area contributed by atoms with Crippen molar-refractivity contribution in [2.45, 2.75) is 12.5 Å². The van der Waals surface area contributed by atoms with Crippen LogP contribution in [0.4, 0.5) is 0 Å². The Labute approximate surface area is 102 Å². The molecule has 1 aliphatic heterocycles. The highest BCUT2D eigenvalue weighted by Crippen LogP contribution is 2.38. The second-order valence-electron chi connectivity index (χ2n) is 3.85. The predicted octanol–water partition coefficient (Wildman–Crippen LogP) is 1.92. The molecule has 4 nitrogen and oxygen atoms in total. The molecule has 2 heterocycles. The third-order valence-electron chi connectivity index (χ3n) is 2.77. The van der Waals surface area contributed by atoms with Gasteiger partial charge in [-0.2, -0.15) is 0 Å². The van der Waals surface area contributed by atoms with Gasteiger partial charge in [-0.25, -0.2) is 4.98 Å². The Bertz CT molecular complexity index is 554. The maximum atomic E-state index is 11.2. The minimum Gasteiger partial charge on any atom is -0.484 e. The van der Waals surface area contributed by atoms with E-state index in [9.17, 15) is 4.79 Å². The lowest BCUT2D eigenvalue weighted by Crippen LogP contribution is -2.16. The van der Waals surface area contributed by atoms with Crippen LogP contribution in [0.3, 0.4) is 0 Å². The molecule has 5 heteroatoms. The van der Waals surface area contributed by atoms with Crippen LogP contribution in [-0.2, 0) is 6.42 Å². The summed E-state index contributed by atoms with van der Waals surface area (Å²) in [6.45, 7) is 0. The lowest BCUT2D eigenvalue weighted by molar-refractivity contribution is 0.0992. The number of hydrogen-bond acceptors (Lipinski definition) is 4. The average Bonchev–Trinajstić information content (AvgIpc) is 2.95. The summed E-state index contributed by atoms with van der Waals surface area (Å²) in [6.07, 6.45) is 0.626. The van der Waals surface area contributed by atoms with E-state index in [1.807, 2.05) is 24.3 Å². The fourth-order valence-electron chi connectivity index (χ4n) is 2.00. The van der Waals surface area contributed by atoms with Crippen molar-refractivity contribution in [3.8, 4) is 5.75 Å². The van der Waals surface area contributed by atoms with E-state index in [0.29, 0.717) is 5.69 Å². The summed E-state index contributed by atoms with van der Waals surface area (Å²) in [5.74, 6) is 0.377. The largest absolute Gasteiger partial charge is 0.484 e. The molecule has 3 rings (SSSR count). The molecule has 86 valence electrons. The zero-order valence-electron chi connectivity index (χ0n) is 8.92. The van der Waals surface area contributed by atoms with Crippen molar-refractivity contribution in [1.82, 2.24) is 4.98 Å². The number of nitrogens with zero attached hydrogens (tertiary/aromatic N) is 1. The molecule has 1 amide bonds. The van der Waals surface area contributed by atoms with Crippen LogP contribution in [0.15, 0.2) is 29.8 Å². The van der Waals surface area contributed by atoms with Gasteiger partial charge in [-0.3, -0.25) is 4.79 Å². The Hall–Kier alpha value is -1.88. The van der Waals surface area contributed by atoms with E-state index < -0.39 is 5.91 Å². The first-order valence-corrected chi connectivity index (χ1v) is 6.11. The number of carbonyl (C=O) groups excluding carboxylic acids is 1. The van der Waals surface area contributed by atoms with Crippen molar-refractivity contribution >= 4 is 17.2 Å². The van der Waals surface area contributed by atoms with Crippen LogP contribution < -0.4 is 10.5 Å². The van der Waals surface area contributed by atoms with Gasteiger partial charge in [0, 0.05) is 6.42 Å². The summed E-state index contributed by atoms with van der Waals surface area (Å²) in [7, 11) is 0. The maximum Gasteiger partial charge on any atom is 0.268 e. The van der Waals surface area contributed by atoms with Crippen molar-refractivity contribution in [2.75, 3.05) is 0 Å². The van der Waals surface area contributed by atoms with E-state index in [4.69, 9.17) is 10.5 Å². The number of rotatable bonds is 2. The highest BCUT2D eigenvalue weighted by atomic mass is 32.1. The summed E-state index contributed by atoms with van der Waals surface area (Å²) in [6, 6.07) is 7.87. The van der Waals surface area contributed by atoms with Gasteiger partial charge in [-0.1, -0.05) is 18.2 Å². The van der Waals surface area contributed by atoms with Crippen molar-refractivity contribution < 1.29 is 9.53 Å². The third-order valence-corrected chi connectivity index (χ3v) is 3.69. The molecule has 0 bridgehead atoms. The first kappa shape index (κ1) is 10.3. The second kappa shape index (κ2) is 3.85. The third kappa shape index (κ3) is 1.68. The molecule has 1 aliphatic rings. The molecule has 0 aliphatic carbocycles. The van der Waals surface area contributed by atoms with Crippen LogP contribution in [0.1, 0.15) is 27.0 Å². The van der Waals surface area contributed by atoms with E-state index >= 15 is 0 Å². The Morgan fingerprint density at radius 3 is 3.06 bits per heavy atom. The molecular weight excluding hydrogens is 236 g/mol. The molecule has 0 fully saturated rings. The summed E-state index contributed by atoms with van der Waals surface area (Å²) >= 11 is 1.41. The number of carbonyl (C=O) groups is 1. The number of aromatic nitrogens is 1. The van der Waals surface area contributed by atoms with Crippen LogP contribution in [0, 0.1) is 0 Å². The Balaban J connectivity index is 1.94. The molecule has 0 saturated carbocycles. The second-order valence-corrected chi connectivity index (χ2v) is 4.73. The SMILES string of the molecule is NC(=O)c1ncsc1C1Cc2ccccc2O1. The first-order chi connectivity index (χ1) is 8.25. The number of benzene rings is 1. The summed E-state index contributed by atoms with van der Waals surface area (Å²) in [4.78, 5) is 16.0. The monoisotopic (exact) mass is 246 g/mol. The Morgan fingerprint density at radius 1 is 1.47 bits per heavy atom. The Kier molecular flexibility index (Phi) is 2.33. The molecule has 0 spiro atoms. The van der Waals surface area contributed by atoms with Crippen LogP contribution >= 0.6 is 11.3 Å². The topological polar surface area (TPSA) is 65.2 Å². The quantitative estimate of drug-likeness (QED) is 0.880. The fraction of sp³-hybridized carbons (Fsp3) is 0.167. The van der Waals surface area contributed by atoms with Gasteiger partial charge in [0.15, 0.2) is 0 Å². The molecular formula is C12H10N2O2S. The molecule has 2 N–H and O–H groups in total. The van der Waals surface area contributed by atoms with Gasteiger partial charge in [0.25, 0.3) is 5.91 Å². The first-order valence-electron chi connectivity index (χ1n) is 5.23. The number of thiazole rings is 1. The van der Waals surface area contributed by atoms with Crippen molar-refractivity contribution in [3.63, 3.8) is 0 Å². The molecule has 0 saturated heterocycles. The number of amides is 1. The molecule has 1 aromatic carbocycles. The van der Waals surface area contributed by atoms with Gasteiger partial charge in [0.2, 0.25) is 0 Å². The smallest absolute Gasteiger partial charge is 0.268 e. The minimum atomic E-state index is -0.499. The summed E-state index contributed by atoms with van der Waals surface area (Å²) in [5.41, 5.74) is 8.39. The number of nitrogens with two attached hydrogens (primary N) is 1. The van der Waals surface area contributed by atoms with Gasteiger partial charge >= 0.3 is 0 Å². The predicted molar refractivity (Wildman–Crippen MR) is 64.1 cm³/mol. The minimum absolute atomic E-state index is 0.137. The molecule has 1 unspecified atom stereocenters. The number of para-hydroxylation sites is 1. The molecule has 17 heavy (non-hydrogen) atoms. The van der Waals surface area contributed by atoms with Gasteiger partial charge in [-0.15, -0.1) is 11.3 Å². The van der Waals surface area contributed by atoms with Crippen LogP contribution in [0.2, 0.25) is 0 Å². The van der Waals surface area contributed by atoms with E-state index in [1.165, 1.54) is 11.3 Å². The van der Waals surface area contributed by atoms with Crippen molar-refractivity contribution in [3.05, 3.63) is 45.9 Å². The van der Waals surface area contributed by atoms with Crippen molar-refractivity contribution in [2.24, 2.45) is 5.73 Å². The van der Waals surface area contributed by atoms with Gasteiger partial charge < -0.3 is 10.5 Å². The van der Waals surface area contributed by atoms with E-state index in [0.717, 1.165) is 22.6 Å². The number of primary amides is 1. The number of fused-ring (bicyclic) bond motifs is 1. The lowest BCUT2D eigenvalue weighted by atomic mass is 10.1. The van der Waals surface area contributed by atoms with E-state index in [-0.39, 0.29) is 6.10 Å². The molecule has 2 aromatic rings. The Morgan fingerprint density at radius 2 is 2.29 bits per heavy atom. The van der Waals surface area contributed by atoms with E-state index in [1.54, 1.807) is 5.51 Å². The van der Waals surface area contributed by atoms with Crippen LogP contribution in [0.5, 0.6) is 5.75 Å².